The molecule has 3 aromatic rings. The third-order valence-electron chi connectivity index (χ3n) is 5.59. The summed E-state index contributed by atoms with van der Waals surface area (Å²) >= 11 is 0. The number of hydrogen-bond acceptors (Lipinski definition) is 4. The standard InChI is InChI=1S/C25H26N4O4/c1-28(25(31)32)21-15-16-29(17-21)20-11-7-18(8-12-20)26-24(30)27-19-9-13-23(14-10-19)33-22-5-3-2-4-6-22/h2-14,21H,15-17H2,1H3,(H,31,32)(H2,26,27,30). The number of amides is 3. The van der Waals surface area contributed by atoms with Crippen LogP contribution in [0.5, 0.6) is 11.5 Å². The van der Waals surface area contributed by atoms with Crippen molar-refractivity contribution in [1.29, 1.82) is 0 Å². The van der Waals surface area contributed by atoms with Crippen molar-refractivity contribution in [2.24, 2.45) is 0 Å². The lowest BCUT2D eigenvalue weighted by atomic mass is 10.2. The summed E-state index contributed by atoms with van der Waals surface area (Å²) < 4.78 is 5.75. The van der Waals surface area contributed by atoms with E-state index < -0.39 is 6.09 Å². The predicted octanol–water partition coefficient (Wildman–Crippen LogP) is 5.31. The van der Waals surface area contributed by atoms with E-state index in [-0.39, 0.29) is 12.1 Å². The number of likely N-dealkylation sites (N-methyl/N-ethyl adjacent to an activating group) is 1. The van der Waals surface area contributed by atoms with Gasteiger partial charge in [0.25, 0.3) is 0 Å². The molecule has 1 saturated heterocycles. The van der Waals surface area contributed by atoms with Crippen molar-refractivity contribution >= 4 is 29.2 Å². The molecule has 0 saturated carbocycles. The number of rotatable bonds is 6. The van der Waals surface area contributed by atoms with Gasteiger partial charge < -0.3 is 30.3 Å². The molecule has 0 radical (unpaired) electrons. The highest BCUT2D eigenvalue weighted by Gasteiger charge is 2.28. The van der Waals surface area contributed by atoms with Crippen LogP contribution in [0.15, 0.2) is 78.9 Å². The fraction of sp³-hybridized carbons (Fsp3) is 0.200. The predicted molar refractivity (Wildman–Crippen MR) is 128 cm³/mol. The van der Waals surface area contributed by atoms with E-state index in [0.29, 0.717) is 23.7 Å². The Morgan fingerprint density at radius 3 is 2.09 bits per heavy atom. The van der Waals surface area contributed by atoms with Crippen LogP contribution in [-0.2, 0) is 0 Å². The van der Waals surface area contributed by atoms with Crippen LogP contribution in [-0.4, -0.2) is 48.3 Å². The first kappa shape index (κ1) is 22.0. The molecule has 1 aliphatic heterocycles. The minimum Gasteiger partial charge on any atom is -0.465 e. The number of anilines is 3. The van der Waals surface area contributed by atoms with Gasteiger partial charge in [-0.1, -0.05) is 18.2 Å². The molecular formula is C25H26N4O4. The number of hydrogen-bond donors (Lipinski definition) is 3. The molecule has 0 aromatic heterocycles. The van der Waals surface area contributed by atoms with Gasteiger partial charge in [0.05, 0.1) is 6.04 Å². The van der Waals surface area contributed by atoms with E-state index in [0.717, 1.165) is 24.4 Å². The number of ether oxygens (including phenoxy) is 1. The summed E-state index contributed by atoms with van der Waals surface area (Å²) in [5, 5.41) is 14.8. The molecule has 1 fully saturated rings. The van der Waals surface area contributed by atoms with E-state index in [9.17, 15) is 9.59 Å². The highest BCUT2D eigenvalue weighted by atomic mass is 16.5. The molecule has 0 spiro atoms. The van der Waals surface area contributed by atoms with Gasteiger partial charge in [0, 0.05) is 37.2 Å². The maximum atomic E-state index is 12.4. The fourth-order valence-electron chi connectivity index (χ4n) is 3.73. The Kier molecular flexibility index (Phi) is 6.64. The first-order valence-corrected chi connectivity index (χ1v) is 10.7. The second-order valence-corrected chi connectivity index (χ2v) is 7.85. The summed E-state index contributed by atoms with van der Waals surface area (Å²) in [4.78, 5) is 27.0. The van der Waals surface area contributed by atoms with Crippen LogP contribution in [0.3, 0.4) is 0 Å². The minimum atomic E-state index is -0.911. The van der Waals surface area contributed by atoms with Gasteiger partial charge in [-0.3, -0.25) is 0 Å². The number of benzene rings is 3. The molecule has 170 valence electrons. The zero-order chi connectivity index (χ0) is 23.2. The molecule has 3 aromatic carbocycles. The van der Waals surface area contributed by atoms with E-state index in [2.05, 4.69) is 15.5 Å². The highest BCUT2D eigenvalue weighted by molar-refractivity contribution is 5.99. The summed E-state index contributed by atoms with van der Waals surface area (Å²) in [6.45, 7) is 1.44. The average Bonchev–Trinajstić information content (AvgIpc) is 3.31. The molecular weight excluding hydrogens is 420 g/mol. The lowest BCUT2D eigenvalue weighted by Crippen LogP contribution is -2.38. The summed E-state index contributed by atoms with van der Waals surface area (Å²) in [7, 11) is 1.60. The number of carboxylic acid groups (broad SMARTS) is 1. The number of urea groups is 1. The van der Waals surface area contributed by atoms with E-state index in [1.807, 2.05) is 54.6 Å². The van der Waals surface area contributed by atoms with Gasteiger partial charge in [-0.15, -0.1) is 0 Å². The van der Waals surface area contributed by atoms with Crippen LogP contribution >= 0.6 is 0 Å². The van der Waals surface area contributed by atoms with Crippen LogP contribution in [0.25, 0.3) is 0 Å². The largest absolute Gasteiger partial charge is 0.465 e. The zero-order valence-electron chi connectivity index (χ0n) is 18.3. The maximum absolute atomic E-state index is 12.4. The van der Waals surface area contributed by atoms with Crippen LogP contribution in [0.2, 0.25) is 0 Å². The molecule has 1 atom stereocenters. The zero-order valence-corrected chi connectivity index (χ0v) is 18.3. The Labute approximate surface area is 192 Å². The van der Waals surface area contributed by atoms with Gasteiger partial charge in [-0.2, -0.15) is 0 Å². The SMILES string of the molecule is CN(C(=O)O)C1CCN(c2ccc(NC(=O)Nc3ccc(Oc4ccccc4)cc3)cc2)C1. The summed E-state index contributed by atoms with van der Waals surface area (Å²) in [5.74, 6) is 1.43. The van der Waals surface area contributed by atoms with Crippen molar-refractivity contribution in [3.63, 3.8) is 0 Å². The first-order valence-electron chi connectivity index (χ1n) is 10.7. The van der Waals surface area contributed by atoms with Crippen LogP contribution in [0, 0.1) is 0 Å². The normalized spacial score (nSPS) is 15.1. The number of nitrogens with one attached hydrogen (secondary N) is 2. The smallest absolute Gasteiger partial charge is 0.407 e. The van der Waals surface area contributed by atoms with E-state index in [1.54, 1.807) is 31.3 Å². The molecule has 3 amide bonds. The van der Waals surface area contributed by atoms with Crippen LogP contribution < -0.4 is 20.3 Å². The third kappa shape index (κ3) is 5.74. The molecule has 1 unspecified atom stereocenters. The summed E-state index contributed by atoms with van der Waals surface area (Å²) in [6.07, 6.45) is -0.119. The Morgan fingerprint density at radius 1 is 0.909 bits per heavy atom. The molecule has 3 N–H and O–H groups in total. The lowest BCUT2D eigenvalue weighted by molar-refractivity contribution is 0.142. The van der Waals surface area contributed by atoms with Crippen molar-refractivity contribution in [2.75, 3.05) is 35.7 Å². The van der Waals surface area contributed by atoms with Gasteiger partial charge in [0.1, 0.15) is 11.5 Å². The van der Waals surface area contributed by atoms with Crippen LogP contribution in [0.1, 0.15) is 6.42 Å². The molecule has 8 heteroatoms. The van der Waals surface area contributed by atoms with Gasteiger partial charge >= 0.3 is 12.1 Å². The maximum Gasteiger partial charge on any atom is 0.407 e. The second kappa shape index (κ2) is 9.95. The van der Waals surface area contributed by atoms with E-state index in [1.165, 1.54) is 4.90 Å². The topological polar surface area (TPSA) is 94.1 Å². The van der Waals surface area contributed by atoms with Gasteiger partial charge in [-0.25, -0.2) is 9.59 Å². The second-order valence-electron chi connectivity index (χ2n) is 7.85. The summed E-state index contributed by atoms with van der Waals surface area (Å²) in [5.41, 5.74) is 2.31. The van der Waals surface area contributed by atoms with E-state index in [4.69, 9.17) is 9.84 Å². The van der Waals surface area contributed by atoms with Gasteiger partial charge in [-0.05, 0) is 67.1 Å². The van der Waals surface area contributed by atoms with Crippen molar-refractivity contribution in [3.05, 3.63) is 78.9 Å². The quantitative estimate of drug-likeness (QED) is 0.477. The van der Waals surface area contributed by atoms with Crippen molar-refractivity contribution in [2.45, 2.75) is 12.5 Å². The number of carbonyl (C=O) groups is 2. The first-order chi connectivity index (χ1) is 16.0. The average molecular weight is 447 g/mol. The van der Waals surface area contributed by atoms with Crippen molar-refractivity contribution < 1.29 is 19.4 Å². The molecule has 0 bridgehead atoms. The van der Waals surface area contributed by atoms with Crippen molar-refractivity contribution in [3.8, 4) is 11.5 Å². The Bertz CT molecular complexity index is 1090. The Hall–Kier alpha value is -4.20. The van der Waals surface area contributed by atoms with Gasteiger partial charge in [0.15, 0.2) is 0 Å². The molecule has 1 aliphatic rings. The number of carbonyl (C=O) groups excluding carboxylic acids is 1. The van der Waals surface area contributed by atoms with Crippen molar-refractivity contribution in [1.82, 2.24) is 4.90 Å². The number of nitrogens with zero attached hydrogens (tertiary/aromatic N) is 2. The molecule has 0 aliphatic carbocycles. The summed E-state index contributed by atoms with van der Waals surface area (Å²) in [6, 6.07) is 23.8. The lowest BCUT2D eigenvalue weighted by Gasteiger charge is -2.23. The number of para-hydroxylation sites is 1. The Balaban J connectivity index is 1.28. The van der Waals surface area contributed by atoms with E-state index >= 15 is 0 Å². The van der Waals surface area contributed by atoms with Gasteiger partial charge in [0.2, 0.25) is 0 Å². The molecule has 4 rings (SSSR count). The minimum absolute atomic E-state index is 0.0180. The molecule has 8 nitrogen and oxygen atoms in total. The highest BCUT2D eigenvalue weighted by Crippen LogP contribution is 2.25. The Morgan fingerprint density at radius 2 is 1.48 bits per heavy atom. The monoisotopic (exact) mass is 446 g/mol. The molecule has 1 heterocycles. The third-order valence-corrected chi connectivity index (χ3v) is 5.59. The van der Waals surface area contributed by atoms with Crippen LogP contribution in [0.4, 0.5) is 26.7 Å². The molecule has 33 heavy (non-hydrogen) atoms. The fourth-order valence-corrected chi connectivity index (χ4v) is 3.73.